The molecule has 0 aromatic heterocycles. The molecule has 2 atom stereocenters. The summed E-state index contributed by atoms with van der Waals surface area (Å²) in [5.41, 5.74) is 0.0313. The Morgan fingerprint density at radius 2 is 1.68 bits per heavy atom. The van der Waals surface area contributed by atoms with Crippen molar-refractivity contribution in [2.24, 2.45) is 5.41 Å². The fourth-order valence-corrected chi connectivity index (χ4v) is 3.88. The van der Waals surface area contributed by atoms with Crippen molar-refractivity contribution in [2.45, 2.75) is 57.2 Å². The number of halogens is 1. The van der Waals surface area contributed by atoms with E-state index in [1.54, 1.807) is 0 Å². The van der Waals surface area contributed by atoms with Gasteiger partial charge in [0, 0.05) is 16.3 Å². The molecule has 0 heterocycles. The zero-order valence-corrected chi connectivity index (χ0v) is 12.7. The Morgan fingerprint density at radius 3 is 2.26 bits per heavy atom. The molecule has 0 radical (unpaired) electrons. The Kier molecular flexibility index (Phi) is 3.86. The molecule has 1 N–H and O–H groups in total. The Morgan fingerprint density at radius 1 is 1.05 bits per heavy atom. The molecule has 2 aliphatic carbocycles. The van der Waals surface area contributed by atoms with Gasteiger partial charge in [-0.3, -0.25) is 0 Å². The second kappa shape index (κ2) is 5.45. The lowest BCUT2D eigenvalue weighted by Gasteiger charge is -2.53. The minimum atomic E-state index is -0.161. The SMILES string of the molecule is OC1CC(Oc2ccc(Br)cc2)C12CCCCCC2. The average Bonchev–Trinajstić information content (AvgIpc) is 2.68. The largest absolute Gasteiger partial charge is 0.490 e. The third kappa shape index (κ3) is 2.55. The van der Waals surface area contributed by atoms with Crippen LogP contribution in [-0.2, 0) is 0 Å². The molecule has 2 aliphatic rings. The van der Waals surface area contributed by atoms with Gasteiger partial charge in [0.05, 0.1) is 6.10 Å². The molecule has 0 saturated heterocycles. The molecule has 1 spiro atoms. The molecule has 3 heteroatoms. The second-order valence-electron chi connectivity index (χ2n) is 5.96. The molecule has 2 unspecified atom stereocenters. The van der Waals surface area contributed by atoms with E-state index >= 15 is 0 Å². The molecule has 0 amide bonds. The smallest absolute Gasteiger partial charge is 0.119 e. The van der Waals surface area contributed by atoms with Crippen molar-refractivity contribution in [1.29, 1.82) is 0 Å². The van der Waals surface area contributed by atoms with Crippen LogP contribution in [0, 0.1) is 5.41 Å². The van der Waals surface area contributed by atoms with E-state index in [-0.39, 0.29) is 17.6 Å². The van der Waals surface area contributed by atoms with E-state index in [2.05, 4.69) is 15.9 Å². The number of rotatable bonds is 2. The number of aliphatic hydroxyl groups is 1. The number of aliphatic hydroxyl groups excluding tert-OH is 1. The van der Waals surface area contributed by atoms with Crippen LogP contribution in [0.15, 0.2) is 28.7 Å². The minimum Gasteiger partial charge on any atom is -0.490 e. The first-order chi connectivity index (χ1) is 9.21. The molecular formula is C16H21BrO2. The summed E-state index contributed by atoms with van der Waals surface area (Å²) in [4.78, 5) is 0. The van der Waals surface area contributed by atoms with E-state index in [0.29, 0.717) is 0 Å². The van der Waals surface area contributed by atoms with Gasteiger partial charge in [0.1, 0.15) is 11.9 Å². The third-order valence-electron chi connectivity index (χ3n) is 4.87. The lowest BCUT2D eigenvalue weighted by molar-refractivity contribution is -0.163. The van der Waals surface area contributed by atoms with Gasteiger partial charge in [0.15, 0.2) is 0 Å². The average molecular weight is 325 g/mol. The molecular weight excluding hydrogens is 304 g/mol. The van der Waals surface area contributed by atoms with Crippen molar-refractivity contribution in [3.05, 3.63) is 28.7 Å². The number of hydrogen-bond acceptors (Lipinski definition) is 2. The van der Waals surface area contributed by atoms with Crippen LogP contribution < -0.4 is 4.74 Å². The molecule has 104 valence electrons. The highest BCUT2D eigenvalue weighted by atomic mass is 79.9. The van der Waals surface area contributed by atoms with E-state index in [1.165, 1.54) is 25.7 Å². The Hall–Kier alpha value is -0.540. The highest BCUT2D eigenvalue weighted by Gasteiger charge is 2.55. The maximum Gasteiger partial charge on any atom is 0.119 e. The summed E-state index contributed by atoms with van der Waals surface area (Å²) >= 11 is 3.44. The fraction of sp³-hybridized carbons (Fsp3) is 0.625. The van der Waals surface area contributed by atoms with Crippen LogP contribution in [0.1, 0.15) is 44.9 Å². The summed E-state index contributed by atoms with van der Waals surface area (Å²) in [7, 11) is 0. The van der Waals surface area contributed by atoms with Crippen molar-refractivity contribution < 1.29 is 9.84 Å². The van der Waals surface area contributed by atoms with Gasteiger partial charge >= 0.3 is 0 Å². The van der Waals surface area contributed by atoms with Crippen LogP contribution >= 0.6 is 15.9 Å². The van der Waals surface area contributed by atoms with Crippen LogP contribution in [0.2, 0.25) is 0 Å². The summed E-state index contributed by atoms with van der Waals surface area (Å²) in [6.45, 7) is 0. The predicted octanol–water partition coefficient (Wildman–Crippen LogP) is 4.30. The predicted molar refractivity (Wildman–Crippen MR) is 79.3 cm³/mol. The first kappa shape index (κ1) is 13.4. The molecule has 2 fully saturated rings. The molecule has 1 aromatic rings. The van der Waals surface area contributed by atoms with Crippen LogP contribution in [0.25, 0.3) is 0 Å². The fourth-order valence-electron chi connectivity index (χ4n) is 3.61. The number of benzene rings is 1. The van der Waals surface area contributed by atoms with Crippen LogP contribution in [0.3, 0.4) is 0 Å². The van der Waals surface area contributed by atoms with Crippen LogP contribution in [-0.4, -0.2) is 17.3 Å². The standard InChI is InChI=1S/C16H21BrO2/c17-12-5-7-13(8-6-12)19-15-11-14(18)16(15)9-3-1-2-4-10-16/h5-8,14-15,18H,1-4,9-11H2. The zero-order chi connectivity index (χ0) is 13.3. The van der Waals surface area contributed by atoms with E-state index in [1.807, 2.05) is 24.3 Å². The number of ether oxygens (including phenoxy) is 1. The van der Waals surface area contributed by atoms with E-state index in [9.17, 15) is 5.11 Å². The zero-order valence-electron chi connectivity index (χ0n) is 11.1. The highest BCUT2D eigenvalue weighted by molar-refractivity contribution is 9.10. The summed E-state index contributed by atoms with van der Waals surface area (Å²) in [5.74, 6) is 0.920. The molecule has 0 aliphatic heterocycles. The maximum atomic E-state index is 10.3. The van der Waals surface area contributed by atoms with Gasteiger partial charge in [-0.05, 0) is 37.1 Å². The van der Waals surface area contributed by atoms with Crippen molar-refractivity contribution in [3.8, 4) is 5.75 Å². The molecule has 2 saturated carbocycles. The molecule has 3 rings (SSSR count). The molecule has 2 nitrogen and oxygen atoms in total. The van der Waals surface area contributed by atoms with Gasteiger partial charge in [-0.25, -0.2) is 0 Å². The van der Waals surface area contributed by atoms with Gasteiger partial charge in [-0.1, -0.05) is 41.6 Å². The Balaban J connectivity index is 1.72. The van der Waals surface area contributed by atoms with Gasteiger partial charge in [0.25, 0.3) is 0 Å². The minimum absolute atomic E-state index is 0.0313. The van der Waals surface area contributed by atoms with Crippen molar-refractivity contribution in [2.75, 3.05) is 0 Å². The summed E-state index contributed by atoms with van der Waals surface area (Å²) in [5, 5.41) is 10.3. The Labute approximate surface area is 123 Å². The van der Waals surface area contributed by atoms with E-state index in [0.717, 1.165) is 29.5 Å². The normalized spacial score (nSPS) is 29.6. The second-order valence-corrected chi connectivity index (χ2v) is 6.87. The number of hydrogen-bond donors (Lipinski definition) is 1. The van der Waals surface area contributed by atoms with Crippen molar-refractivity contribution in [3.63, 3.8) is 0 Å². The topological polar surface area (TPSA) is 29.5 Å². The van der Waals surface area contributed by atoms with Crippen LogP contribution in [0.4, 0.5) is 0 Å². The molecule has 1 aromatic carbocycles. The lowest BCUT2D eigenvalue weighted by Crippen LogP contribution is -2.59. The summed E-state index contributed by atoms with van der Waals surface area (Å²) in [6, 6.07) is 8.01. The van der Waals surface area contributed by atoms with E-state index in [4.69, 9.17) is 4.74 Å². The summed E-state index contributed by atoms with van der Waals surface area (Å²) < 4.78 is 7.21. The highest BCUT2D eigenvalue weighted by Crippen LogP contribution is 2.52. The lowest BCUT2D eigenvalue weighted by atomic mass is 9.59. The Bertz CT molecular complexity index is 421. The van der Waals surface area contributed by atoms with E-state index < -0.39 is 0 Å². The third-order valence-corrected chi connectivity index (χ3v) is 5.40. The molecule has 0 bridgehead atoms. The van der Waals surface area contributed by atoms with Crippen LogP contribution in [0.5, 0.6) is 5.75 Å². The van der Waals surface area contributed by atoms with Gasteiger partial charge in [-0.2, -0.15) is 0 Å². The monoisotopic (exact) mass is 324 g/mol. The maximum absolute atomic E-state index is 10.3. The first-order valence-electron chi connectivity index (χ1n) is 7.31. The van der Waals surface area contributed by atoms with Crippen molar-refractivity contribution in [1.82, 2.24) is 0 Å². The molecule has 19 heavy (non-hydrogen) atoms. The van der Waals surface area contributed by atoms with Gasteiger partial charge < -0.3 is 9.84 Å². The van der Waals surface area contributed by atoms with Gasteiger partial charge in [-0.15, -0.1) is 0 Å². The first-order valence-corrected chi connectivity index (χ1v) is 8.10. The van der Waals surface area contributed by atoms with Gasteiger partial charge in [0.2, 0.25) is 0 Å². The van der Waals surface area contributed by atoms with Crippen molar-refractivity contribution >= 4 is 15.9 Å². The quantitative estimate of drug-likeness (QED) is 0.878. The summed E-state index contributed by atoms with van der Waals surface area (Å²) in [6.07, 6.45) is 8.14.